The highest BCUT2D eigenvalue weighted by atomic mass is 35.5. The summed E-state index contributed by atoms with van der Waals surface area (Å²) in [6, 6.07) is 2.58. The number of allylic oxidation sites excluding steroid dienone is 3. The fourth-order valence-corrected chi connectivity index (χ4v) is 10.4. The Morgan fingerprint density at radius 1 is 1.20 bits per heavy atom. The van der Waals surface area contributed by atoms with Gasteiger partial charge in [0.25, 0.3) is 0 Å². The lowest BCUT2D eigenvalue weighted by Gasteiger charge is -2.42. The van der Waals surface area contributed by atoms with Gasteiger partial charge in [0.05, 0.1) is 25.3 Å². The Labute approximate surface area is 367 Å². The van der Waals surface area contributed by atoms with Crippen LogP contribution in [0.4, 0.5) is 10.5 Å². The molecule has 2 fully saturated rings. The van der Waals surface area contributed by atoms with Gasteiger partial charge in [0.2, 0.25) is 11.8 Å². The van der Waals surface area contributed by atoms with Crippen molar-refractivity contribution in [3.63, 3.8) is 0 Å². The lowest BCUT2D eigenvalue weighted by atomic mass is 9.83. The van der Waals surface area contributed by atoms with Gasteiger partial charge in [0.1, 0.15) is 46.5 Å². The molecule has 3 aliphatic heterocycles. The number of esters is 1. The zero-order chi connectivity index (χ0) is 44.7. The average molecular weight is 897 g/mol. The Bertz CT molecular complexity index is 1830. The summed E-state index contributed by atoms with van der Waals surface area (Å²) >= 11 is 6.80. The number of nitrogens with one attached hydrogen (secondary N) is 1. The first kappa shape index (κ1) is 49.4. The monoisotopic (exact) mass is 895 g/mol. The fourth-order valence-electron chi connectivity index (χ4n) is 7.43. The summed E-state index contributed by atoms with van der Waals surface area (Å²) in [5.74, 6) is -0.603. The summed E-state index contributed by atoms with van der Waals surface area (Å²) in [6.07, 6.45) is 2.93. The first-order valence-electron chi connectivity index (χ1n) is 20.2. The first-order chi connectivity index (χ1) is 28.0. The van der Waals surface area contributed by atoms with Gasteiger partial charge < -0.3 is 43.4 Å². The summed E-state index contributed by atoms with van der Waals surface area (Å²) in [4.78, 5) is 68.6. The second-order valence-electron chi connectivity index (χ2n) is 16.9. The number of methoxy groups -OCH3 is 2. The topological polar surface area (TPSA) is 174 Å². The van der Waals surface area contributed by atoms with E-state index in [0.717, 1.165) is 23.3 Å². The molecule has 14 nitrogen and oxygen atoms in total. The van der Waals surface area contributed by atoms with Gasteiger partial charge >= 0.3 is 12.1 Å². The maximum atomic E-state index is 14.3. The minimum absolute atomic E-state index is 0.0601. The predicted octanol–water partition coefficient (Wildman–Crippen LogP) is 6.82. The molecule has 1 aromatic rings. The molecule has 60 heavy (non-hydrogen) atoms. The van der Waals surface area contributed by atoms with Crippen LogP contribution in [-0.4, -0.2) is 120 Å². The number of rotatable bonds is 14. The van der Waals surface area contributed by atoms with Crippen LogP contribution in [0.15, 0.2) is 35.9 Å². The van der Waals surface area contributed by atoms with E-state index in [4.69, 9.17) is 35.3 Å². The number of hydrogen-bond donors (Lipinski definition) is 2. The Balaban J connectivity index is 1.62. The second kappa shape index (κ2) is 20.7. The quantitative estimate of drug-likeness (QED) is 0.0863. The summed E-state index contributed by atoms with van der Waals surface area (Å²) in [5.41, 5.74) is -0.966. The molecule has 17 heteroatoms. The van der Waals surface area contributed by atoms with Crippen LogP contribution in [-0.2, 0) is 44.5 Å². The van der Waals surface area contributed by atoms with Gasteiger partial charge in [0.15, 0.2) is 5.72 Å². The van der Waals surface area contributed by atoms with Crippen LogP contribution in [0.5, 0.6) is 5.75 Å². The molecule has 2 saturated heterocycles. The number of likely N-dealkylation sites (N-methyl/N-ethyl adjacent to an activating group) is 1. The molecule has 4 bridgehead atoms. The normalized spacial score (nSPS) is 29.2. The van der Waals surface area contributed by atoms with Crippen LogP contribution in [0.25, 0.3) is 0 Å². The third-order valence-corrected chi connectivity index (χ3v) is 15.3. The highest BCUT2D eigenvalue weighted by molar-refractivity contribution is 8.77. The van der Waals surface area contributed by atoms with Gasteiger partial charge in [-0.2, -0.15) is 0 Å². The largest absolute Gasteiger partial charge is 0.495 e. The number of carbonyl (C=O) groups excluding carboxylic acids is 5. The number of halogens is 1. The maximum absolute atomic E-state index is 14.3. The molecule has 3 amide bonds. The van der Waals surface area contributed by atoms with Crippen molar-refractivity contribution in [3.05, 3.63) is 46.5 Å². The van der Waals surface area contributed by atoms with Gasteiger partial charge in [-0.05, 0) is 78.5 Å². The first-order valence-corrected chi connectivity index (χ1v) is 22.9. The van der Waals surface area contributed by atoms with Crippen molar-refractivity contribution in [2.24, 2.45) is 5.92 Å². The third-order valence-electron chi connectivity index (χ3n) is 11.5. The van der Waals surface area contributed by atoms with Crippen LogP contribution < -0.4 is 15.0 Å². The fraction of sp³-hybridized carbons (Fsp3) is 0.651. The lowest BCUT2D eigenvalue weighted by Crippen LogP contribution is -2.63. The number of benzene rings is 1. The van der Waals surface area contributed by atoms with Crippen molar-refractivity contribution in [2.75, 3.05) is 39.0 Å². The molecule has 2 N–H and O–H groups in total. The van der Waals surface area contributed by atoms with Crippen molar-refractivity contribution in [2.45, 2.75) is 140 Å². The molecule has 2 unspecified atom stereocenters. The number of Topliss-reactive ketones (excluding diaryl/α,β-unsaturated/α-hetero) is 1. The van der Waals surface area contributed by atoms with Crippen molar-refractivity contribution in [1.82, 2.24) is 10.2 Å². The molecule has 8 atom stereocenters. The number of carbonyl (C=O) groups is 5. The number of ether oxygens (including phenoxy) is 5. The van der Waals surface area contributed by atoms with E-state index in [1.165, 1.54) is 24.0 Å². The molecule has 0 spiro atoms. The molecular formula is C43H62ClN3O11S2. The smallest absolute Gasteiger partial charge is 0.409 e. The van der Waals surface area contributed by atoms with Crippen LogP contribution in [0.3, 0.4) is 0 Å². The van der Waals surface area contributed by atoms with Gasteiger partial charge in [-0.15, -0.1) is 0 Å². The second-order valence-corrected chi connectivity index (χ2v) is 20.4. The summed E-state index contributed by atoms with van der Waals surface area (Å²) in [5, 5.41) is 14.5. The summed E-state index contributed by atoms with van der Waals surface area (Å²) in [6.45, 7) is 12.7. The van der Waals surface area contributed by atoms with Gasteiger partial charge in [-0.1, -0.05) is 63.9 Å². The van der Waals surface area contributed by atoms with E-state index in [0.29, 0.717) is 30.7 Å². The Kier molecular flexibility index (Phi) is 17.1. The number of alkyl carbamates (subject to hydrolysis) is 1. The van der Waals surface area contributed by atoms with Crippen molar-refractivity contribution in [3.8, 4) is 5.75 Å². The van der Waals surface area contributed by atoms with Crippen LogP contribution >= 0.6 is 33.2 Å². The molecule has 4 rings (SSSR count). The number of fused-ring (bicyclic) bond motifs is 5. The molecule has 0 saturated carbocycles. The highest BCUT2D eigenvalue weighted by Crippen LogP contribution is 2.49. The molecular weight excluding hydrogens is 834 g/mol. The van der Waals surface area contributed by atoms with Crippen molar-refractivity contribution >= 4 is 68.5 Å². The maximum Gasteiger partial charge on any atom is 0.409 e. The SMILES string of the molecule is COc1cc2cc(c1Cl)N(C)C(=O)C[C@H](OC(=O)[C@H](C)N(C)C(=O)CCC(C)(C)SSCCCC(C)=O)[C@]1(C)OC1[C@H](C)C1C[C@@](O)(NC(=O)O1)[C@H](OC)/C=C/C=C(\C)C2. The minimum Gasteiger partial charge on any atom is -0.495 e. The number of ketones is 1. The van der Waals surface area contributed by atoms with Crippen LogP contribution in [0, 0.1) is 5.92 Å². The molecule has 1 aromatic carbocycles. The minimum atomic E-state index is -1.84. The van der Waals surface area contributed by atoms with Gasteiger partial charge in [0, 0.05) is 56.9 Å². The molecule has 0 aliphatic carbocycles. The van der Waals surface area contributed by atoms with Gasteiger partial charge in [-0.25, -0.2) is 9.59 Å². The average Bonchev–Trinajstić information content (AvgIpc) is 3.88. The number of anilines is 1. The van der Waals surface area contributed by atoms with Crippen molar-refractivity contribution in [1.29, 1.82) is 0 Å². The molecule has 0 radical (unpaired) electrons. The Hall–Kier alpha value is -3.28. The summed E-state index contributed by atoms with van der Waals surface area (Å²) < 4.78 is 29.2. The van der Waals surface area contributed by atoms with Gasteiger partial charge in [-0.3, -0.25) is 14.9 Å². The molecule has 0 aromatic heterocycles. The van der Waals surface area contributed by atoms with Crippen LogP contribution in [0.2, 0.25) is 5.02 Å². The molecule has 334 valence electrons. The Morgan fingerprint density at radius 2 is 1.90 bits per heavy atom. The van der Waals surface area contributed by atoms with E-state index in [2.05, 4.69) is 19.2 Å². The van der Waals surface area contributed by atoms with E-state index < -0.39 is 65.7 Å². The standard InChI is InChI=1S/C43H62ClN3O11S2/c1-25-14-12-16-33(55-11)43(53)24-32(56-40(52)45-43)27(3)38-42(7,58-38)34(23-36(50)47(9)30-21-29(20-25)22-31(54-10)37(30)44)57-39(51)28(4)46(8)35(49)17-18-41(5,6)60-59-19-13-15-26(2)48/h12,14,16,21-22,27-28,32-34,38,53H,13,15,17-20,23-24H2,1-11H3,(H,45,52)/b16-12+,25-14+/t27-,28+,32?,33-,34+,38?,42+,43+/m1/s1. The molecule has 3 heterocycles. The number of aliphatic hydroxyl groups is 1. The zero-order valence-corrected chi connectivity index (χ0v) is 39.0. The number of hydrogen-bond acceptors (Lipinski definition) is 13. The van der Waals surface area contributed by atoms with E-state index in [1.807, 2.05) is 13.0 Å². The lowest BCUT2D eigenvalue weighted by molar-refractivity contribution is -0.162. The van der Waals surface area contributed by atoms with E-state index in [1.54, 1.807) is 87.7 Å². The van der Waals surface area contributed by atoms with E-state index in [9.17, 15) is 29.1 Å². The summed E-state index contributed by atoms with van der Waals surface area (Å²) in [7, 11) is 9.39. The third kappa shape index (κ3) is 12.4. The molecule has 3 aliphatic rings. The number of epoxide rings is 1. The van der Waals surface area contributed by atoms with E-state index >= 15 is 0 Å². The number of nitrogens with zero attached hydrogens (tertiary/aromatic N) is 2. The van der Waals surface area contributed by atoms with Crippen molar-refractivity contribution < 1.29 is 52.8 Å². The zero-order valence-electron chi connectivity index (χ0n) is 36.6. The Morgan fingerprint density at radius 3 is 2.55 bits per heavy atom. The van der Waals surface area contributed by atoms with Crippen LogP contribution in [0.1, 0.15) is 92.6 Å². The highest BCUT2D eigenvalue weighted by Gasteiger charge is 2.64. The van der Waals surface area contributed by atoms with E-state index in [-0.39, 0.29) is 40.7 Å². The predicted molar refractivity (Wildman–Crippen MR) is 234 cm³/mol. The number of amides is 3.